The Bertz CT molecular complexity index is 279. The van der Waals surface area contributed by atoms with Gasteiger partial charge in [0.25, 0.3) is 0 Å². The highest BCUT2D eigenvalue weighted by molar-refractivity contribution is 5.76. The zero-order valence-electron chi connectivity index (χ0n) is 12.9. The highest BCUT2D eigenvalue weighted by Gasteiger charge is 2.22. The average molecular weight is 281 g/mol. The Morgan fingerprint density at radius 3 is 2.15 bits per heavy atom. The molecule has 4 nitrogen and oxygen atoms in total. The van der Waals surface area contributed by atoms with Crippen LogP contribution in [0.4, 0.5) is 0 Å². The second-order valence-electron chi connectivity index (χ2n) is 6.42. The Morgan fingerprint density at radius 2 is 1.55 bits per heavy atom. The minimum Gasteiger partial charge on any atom is -0.343 e. The summed E-state index contributed by atoms with van der Waals surface area (Å²) in [6.07, 6.45) is 9.59. The third kappa shape index (κ3) is 5.06. The van der Waals surface area contributed by atoms with E-state index < -0.39 is 0 Å². The van der Waals surface area contributed by atoms with Crippen LogP contribution in [0.2, 0.25) is 0 Å². The normalized spacial score (nSPS) is 23.4. The van der Waals surface area contributed by atoms with Crippen LogP contribution in [0.1, 0.15) is 51.4 Å². The number of amides is 1. The first-order valence-electron chi connectivity index (χ1n) is 8.50. The molecular formula is C16H31N3O. The second-order valence-corrected chi connectivity index (χ2v) is 6.42. The molecule has 2 saturated heterocycles. The molecule has 2 aliphatic heterocycles. The third-order valence-electron chi connectivity index (χ3n) is 4.89. The van der Waals surface area contributed by atoms with Gasteiger partial charge in [-0.2, -0.15) is 0 Å². The molecule has 0 aliphatic carbocycles. The number of carbonyl (C=O) groups is 1. The fourth-order valence-corrected chi connectivity index (χ4v) is 3.37. The Kier molecular flexibility index (Phi) is 6.80. The van der Waals surface area contributed by atoms with Gasteiger partial charge in [0.2, 0.25) is 5.91 Å². The molecule has 20 heavy (non-hydrogen) atoms. The lowest BCUT2D eigenvalue weighted by atomic mass is 9.97. The molecule has 1 amide bonds. The van der Waals surface area contributed by atoms with Gasteiger partial charge < -0.3 is 15.5 Å². The predicted octanol–water partition coefficient (Wildman–Crippen LogP) is 1.84. The summed E-state index contributed by atoms with van der Waals surface area (Å²) in [4.78, 5) is 16.8. The Labute approximate surface area is 123 Å². The van der Waals surface area contributed by atoms with Crippen molar-refractivity contribution in [1.82, 2.24) is 9.80 Å². The summed E-state index contributed by atoms with van der Waals surface area (Å²) in [7, 11) is 0. The molecule has 0 spiro atoms. The number of piperidine rings is 1. The average Bonchev–Trinajstić information content (AvgIpc) is 2.46. The standard InChI is InChI=1S/C16H31N3O/c17-14-15-6-12-19(13-7-15)16(20)8-11-18-9-4-2-1-3-5-10-18/h15H,1-14,17H2. The van der Waals surface area contributed by atoms with Gasteiger partial charge in [0.1, 0.15) is 0 Å². The number of likely N-dealkylation sites (tertiary alicyclic amines) is 2. The van der Waals surface area contributed by atoms with E-state index >= 15 is 0 Å². The first-order chi connectivity index (χ1) is 9.79. The minimum atomic E-state index is 0.350. The highest BCUT2D eigenvalue weighted by atomic mass is 16.2. The van der Waals surface area contributed by atoms with Crippen molar-refractivity contribution in [2.75, 3.05) is 39.3 Å². The molecule has 0 unspecified atom stereocenters. The van der Waals surface area contributed by atoms with Crippen molar-refractivity contribution in [2.24, 2.45) is 11.7 Å². The molecule has 0 bridgehead atoms. The van der Waals surface area contributed by atoms with E-state index in [1.165, 1.54) is 45.2 Å². The first kappa shape index (κ1) is 15.8. The molecule has 4 heteroatoms. The predicted molar refractivity (Wildman–Crippen MR) is 82.5 cm³/mol. The lowest BCUT2D eigenvalue weighted by molar-refractivity contribution is -0.132. The smallest absolute Gasteiger partial charge is 0.223 e. The Balaban J connectivity index is 1.66. The monoisotopic (exact) mass is 281 g/mol. The molecule has 0 aromatic rings. The maximum absolute atomic E-state index is 12.3. The van der Waals surface area contributed by atoms with Crippen LogP contribution in [-0.4, -0.2) is 55.0 Å². The molecule has 0 aromatic heterocycles. The van der Waals surface area contributed by atoms with Crippen molar-refractivity contribution in [3.63, 3.8) is 0 Å². The number of nitrogens with two attached hydrogens (primary N) is 1. The molecule has 116 valence electrons. The quantitative estimate of drug-likeness (QED) is 0.855. The van der Waals surface area contributed by atoms with Gasteiger partial charge in [-0.15, -0.1) is 0 Å². The van der Waals surface area contributed by atoms with Crippen molar-refractivity contribution in [1.29, 1.82) is 0 Å². The van der Waals surface area contributed by atoms with E-state index in [2.05, 4.69) is 9.80 Å². The lowest BCUT2D eigenvalue weighted by Crippen LogP contribution is -2.41. The number of rotatable bonds is 4. The van der Waals surface area contributed by atoms with E-state index in [-0.39, 0.29) is 0 Å². The molecule has 2 heterocycles. The molecule has 0 aromatic carbocycles. The number of hydrogen-bond acceptors (Lipinski definition) is 3. The summed E-state index contributed by atoms with van der Waals surface area (Å²) < 4.78 is 0. The topological polar surface area (TPSA) is 49.6 Å². The zero-order chi connectivity index (χ0) is 14.2. The highest BCUT2D eigenvalue weighted by Crippen LogP contribution is 2.17. The van der Waals surface area contributed by atoms with Crippen LogP contribution >= 0.6 is 0 Å². The summed E-state index contributed by atoms with van der Waals surface area (Å²) in [6.45, 7) is 5.93. The van der Waals surface area contributed by atoms with Crippen LogP contribution in [0, 0.1) is 5.92 Å². The van der Waals surface area contributed by atoms with Crippen molar-refractivity contribution >= 4 is 5.91 Å². The largest absolute Gasteiger partial charge is 0.343 e. The van der Waals surface area contributed by atoms with Crippen LogP contribution < -0.4 is 5.73 Å². The molecule has 2 fully saturated rings. The van der Waals surface area contributed by atoms with E-state index in [1.807, 2.05) is 0 Å². The summed E-state index contributed by atoms with van der Waals surface area (Å²) >= 11 is 0. The zero-order valence-corrected chi connectivity index (χ0v) is 12.9. The van der Waals surface area contributed by atoms with E-state index in [1.54, 1.807) is 0 Å². The van der Waals surface area contributed by atoms with E-state index in [0.717, 1.165) is 39.0 Å². The van der Waals surface area contributed by atoms with Crippen molar-refractivity contribution < 1.29 is 4.79 Å². The van der Waals surface area contributed by atoms with Crippen molar-refractivity contribution in [2.45, 2.75) is 51.4 Å². The fourth-order valence-electron chi connectivity index (χ4n) is 3.37. The molecule has 0 atom stereocenters. The van der Waals surface area contributed by atoms with Crippen LogP contribution in [0.5, 0.6) is 0 Å². The van der Waals surface area contributed by atoms with E-state index in [4.69, 9.17) is 5.73 Å². The minimum absolute atomic E-state index is 0.350. The van der Waals surface area contributed by atoms with Gasteiger partial charge in [-0.3, -0.25) is 4.79 Å². The number of hydrogen-bond donors (Lipinski definition) is 1. The van der Waals surface area contributed by atoms with E-state index in [9.17, 15) is 4.79 Å². The van der Waals surface area contributed by atoms with Crippen LogP contribution in [0.15, 0.2) is 0 Å². The van der Waals surface area contributed by atoms with Crippen LogP contribution in [0.3, 0.4) is 0 Å². The van der Waals surface area contributed by atoms with Crippen LogP contribution in [0.25, 0.3) is 0 Å². The molecule has 2 N–H and O–H groups in total. The summed E-state index contributed by atoms with van der Waals surface area (Å²) in [5, 5.41) is 0. The van der Waals surface area contributed by atoms with Crippen molar-refractivity contribution in [3.05, 3.63) is 0 Å². The third-order valence-corrected chi connectivity index (χ3v) is 4.89. The van der Waals surface area contributed by atoms with Gasteiger partial charge in [-0.05, 0) is 51.2 Å². The van der Waals surface area contributed by atoms with Gasteiger partial charge in [0.15, 0.2) is 0 Å². The van der Waals surface area contributed by atoms with Gasteiger partial charge in [0, 0.05) is 26.1 Å². The number of carbonyl (C=O) groups excluding carboxylic acids is 1. The Morgan fingerprint density at radius 1 is 0.950 bits per heavy atom. The number of nitrogens with zero attached hydrogens (tertiary/aromatic N) is 2. The maximum Gasteiger partial charge on any atom is 0.223 e. The summed E-state index contributed by atoms with van der Waals surface area (Å²) in [6, 6.07) is 0. The van der Waals surface area contributed by atoms with Gasteiger partial charge >= 0.3 is 0 Å². The molecular weight excluding hydrogens is 250 g/mol. The second kappa shape index (κ2) is 8.63. The molecule has 0 radical (unpaired) electrons. The fraction of sp³-hybridized carbons (Fsp3) is 0.938. The maximum atomic E-state index is 12.3. The Hall–Kier alpha value is -0.610. The summed E-state index contributed by atoms with van der Waals surface area (Å²) in [5.74, 6) is 0.982. The molecule has 2 rings (SSSR count). The van der Waals surface area contributed by atoms with Gasteiger partial charge in [-0.25, -0.2) is 0 Å². The van der Waals surface area contributed by atoms with Crippen molar-refractivity contribution in [3.8, 4) is 0 Å². The molecule has 2 aliphatic rings. The SMILES string of the molecule is NCC1CCN(C(=O)CCN2CCCCCCC2)CC1. The molecule has 0 saturated carbocycles. The lowest BCUT2D eigenvalue weighted by Gasteiger charge is -2.32. The first-order valence-corrected chi connectivity index (χ1v) is 8.50. The van der Waals surface area contributed by atoms with Gasteiger partial charge in [0.05, 0.1) is 0 Å². The summed E-state index contributed by atoms with van der Waals surface area (Å²) in [5.41, 5.74) is 5.70. The van der Waals surface area contributed by atoms with Crippen LogP contribution in [-0.2, 0) is 4.79 Å². The van der Waals surface area contributed by atoms with E-state index in [0.29, 0.717) is 18.2 Å². The van der Waals surface area contributed by atoms with Gasteiger partial charge in [-0.1, -0.05) is 19.3 Å².